The molecule has 4 aliphatic rings. The van der Waals surface area contributed by atoms with Crippen LogP contribution in [0.1, 0.15) is 71.1 Å². The second-order valence-electron chi connectivity index (χ2n) is 17.0. The number of methoxy groups -OCH3 is 1. The summed E-state index contributed by atoms with van der Waals surface area (Å²) in [7, 11) is 1.46. The maximum Gasteiger partial charge on any atom is 0.522 e. The number of hydrogen-bond acceptors (Lipinski definition) is 11. The monoisotopic (exact) mass is 838 g/mol. The molecule has 0 spiro atoms. The number of hydrogen-bond donors (Lipinski definition) is 0. The van der Waals surface area contributed by atoms with Crippen molar-refractivity contribution in [3.05, 3.63) is 47.2 Å². The first-order chi connectivity index (χ1) is 28.5. The molecule has 4 aromatic rings. The first-order valence-corrected chi connectivity index (χ1v) is 20.1. The van der Waals surface area contributed by atoms with Crippen LogP contribution in [-0.2, 0) is 20.6 Å². The van der Waals surface area contributed by atoms with E-state index in [0.29, 0.717) is 66.8 Å². The number of alkyl halides is 3. The Labute approximate surface area is 344 Å². The van der Waals surface area contributed by atoms with Gasteiger partial charge in [-0.15, -0.1) is 19.6 Å². The zero-order chi connectivity index (χ0) is 42.7. The summed E-state index contributed by atoms with van der Waals surface area (Å²) in [5.74, 6) is 1.55. The minimum Gasteiger partial charge on any atom is -0.468 e. The number of halogens is 5. The molecule has 3 fully saturated rings. The van der Waals surface area contributed by atoms with E-state index in [-0.39, 0.29) is 78.7 Å². The van der Waals surface area contributed by atoms with Crippen LogP contribution in [0.2, 0.25) is 0 Å². The van der Waals surface area contributed by atoms with Crippen LogP contribution in [0.5, 0.6) is 11.8 Å². The minimum atomic E-state index is -4.79. The number of anilines is 1. The zero-order valence-corrected chi connectivity index (χ0v) is 34.1. The predicted octanol–water partition coefficient (Wildman–Crippen LogP) is 7.76. The van der Waals surface area contributed by atoms with Crippen LogP contribution in [0.15, 0.2) is 24.3 Å². The van der Waals surface area contributed by atoms with Gasteiger partial charge in [-0.05, 0) is 89.4 Å². The SMILES string of the molecule is C#Cc1c(F)ccc2cc(OCOC)cc(-c3nc4c5c(nc(OCC67CCCN6C[C@@H](OC(F)(F)F)C7)nc5c3F)N3C[C@@H](CC)N(C(=O)OC(C)(C)C)C[C@H]3CC4)c12. The molecule has 2 aromatic carbocycles. The number of piperazine rings is 1. The molecule has 17 heteroatoms. The van der Waals surface area contributed by atoms with Crippen molar-refractivity contribution in [3.63, 3.8) is 0 Å². The van der Waals surface area contributed by atoms with Gasteiger partial charge in [0.2, 0.25) is 0 Å². The molecule has 2 aromatic heterocycles. The summed E-state index contributed by atoms with van der Waals surface area (Å²) < 4.78 is 100. The molecule has 320 valence electrons. The molecule has 0 N–H and O–H groups in total. The normalized spacial score (nSPS) is 23.1. The van der Waals surface area contributed by atoms with E-state index in [1.54, 1.807) is 11.0 Å². The zero-order valence-electron chi connectivity index (χ0n) is 34.1. The lowest BCUT2D eigenvalue weighted by molar-refractivity contribution is -0.340. The van der Waals surface area contributed by atoms with Gasteiger partial charge >= 0.3 is 18.5 Å². The second-order valence-corrected chi connectivity index (χ2v) is 17.0. The summed E-state index contributed by atoms with van der Waals surface area (Å²) in [4.78, 5) is 33.8. The fourth-order valence-electron chi connectivity index (χ4n) is 9.38. The third-order valence-corrected chi connectivity index (χ3v) is 11.9. The van der Waals surface area contributed by atoms with Crippen molar-refractivity contribution in [2.75, 3.05) is 51.6 Å². The number of carbonyl (C=O) groups excluding carboxylic acids is 1. The molecular formula is C43H47F5N6O6. The van der Waals surface area contributed by atoms with Crippen LogP contribution in [0.25, 0.3) is 32.9 Å². The van der Waals surface area contributed by atoms with Crippen molar-refractivity contribution in [1.82, 2.24) is 24.8 Å². The fraction of sp³-hybridized carbons (Fsp3) is 0.535. The van der Waals surface area contributed by atoms with Crippen molar-refractivity contribution in [3.8, 4) is 35.4 Å². The van der Waals surface area contributed by atoms with Crippen molar-refractivity contribution >= 4 is 33.6 Å². The highest BCUT2D eigenvalue weighted by molar-refractivity contribution is 6.03. The topological polar surface area (TPSA) is 112 Å². The van der Waals surface area contributed by atoms with Crippen LogP contribution in [0.3, 0.4) is 0 Å². The van der Waals surface area contributed by atoms with Crippen LogP contribution < -0.4 is 14.4 Å². The summed E-state index contributed by atoms with van der Waals surface area (Å²) in [5, 5.41) is 1.07. The van der Waals surface area contributed by atoms with E-state index in [9.17, 15) is 18.0 Å². The van der Waals surface area contributed by atoms with Crippen LogP contribution >= 0.6 is 0 Å². The van der Waals surface area contributed by atoms with Gasteiger partial charge in [-0.2, -0.15) is 9.97 Å². The number of fused-ring (bicyclic) bond motifs is 4. The number of amides is 1. The van der Waals surface area contributed by atoms with Gasteiger partial charge < -0.3 is 28.7 Å². The smallest absolute Gasteiger partial charge is 0.468 e. The first kappa shape index (κ1) is 41.7. The van der Waals surface area contributed by atoms with E-state index in [1.165, 1.54) is 25.3 Å². The van der Waals surface area contributed by atoms with E-state index in [2.05, 4.69) is 15.6 Å². The van der Waals surface area contributed by atoms with Crippen LogP contribution in [0.4, 0.5) is 32.6 Å². The third-order valence-electron chi connectivity index (χ3n) is 11.9. The molecule has 0 aliphatic carbocycles. The summed E-state index contributed by atoms with van der Waals surface area (Å²) >= 11 is 0. The Morgan fingerprint density at radius 1 is 1.05 bits per heavy atom. The van der Waals surface area contributed by atoms with Gasteiger partial charge in [0.25, 0.3) is 0 Å². The summed E-state index contributed by atoms with van der Waals surface area (Å²) in [5.41, 5.74) is -1.23. The first-order valence-electron chi connectivity index (χ1n) is 20.1. The van der Waals surface area contributed by atoms with E-state index in [1.807, 2.05) is 37.5 Å². The van der Waals surface area contributed by atoms with E-state index < -0.39 is 41.3 Å². The molecule has 6 heterocycles. The van der Waals surface area contributed by atoms with E-state index in [4.69, 9.17) is 35.3 Å². The maximum absolute atomic E-state index is 17.7. The standard InChI is InChI=1S/C43H47F5N6O6/c1-7-25-19-53-26(20-54(25)40(55)60-41(3,4)5)11-13-32-34-37(50-39(51-38(34)53)57-22-42-14-9-15-52(42)21-28(18-42)59-43(46,47)48)35(45)36(49-32)30-17-27(58-23-56-6)16-24-10-12-31(44)29(8-2)33(24)30/h2,10,12,16-17,25-26,28H,7,9,11,13-15,18-23H2,1,3-6H3/t25-,26-,28+,42?/m1/s1. The number of aromatic nitrogens is 3. The number of terminal acetylenes is 1. The maximum atomic E-state index is 17.7. The Morgan fingerprint density at radius 3 is 2.57 bits per heavy atom. The van der Waals surface area contributed by atoms with Gasteiger partial charge in [0, 0.05) is 43.7 Å². The summed E-state index contributed by atoms with van der Waals surface area (Å²) in [6.07, 6.45) is 2.33. The Morgan fingerprint density at radius 2 is 1.85 bits per heavy atom. The number of pyridine rings is 1. The van der Waals surface area contributed by atoms with Gasteiger partial charge in [0.1, 0.15) is 40.8 Å². The average molecular weight is 839 g/mol. The highest BCUT2D eigenvalue weighted by atomic mass is 19.4. The molecule has 4 atom stereocenters. The molecule has 0 saturated carbocycles. The highest BCUT2D eigenvalue weighted by Gasteiger charge is 2.52. The number of rotatable bonds is 9. The van der Waals surface area contributed by atoms with Crippen molar-refractivity contribution < 1.29 is 50.4 Å². The summed E-state index contributed by atoms with van der Waals surface area (Å²) in [6, 6.07) is 5.15. The van der Waals surface area contributed by atoms with E-state index in [0.717, 1.165) is 6.42 Å². The number of carbonyl (C=O) groups is 1. The van der Waals surface area contributed by atoms with Crippen molar-refractivity contribution in [2.24, 2.45) is 0 Å². The lowest BCUT2D eigenvalue weighted by Crippen LogP contribution is -2.60. The number of nitrogens with zero attached hydrogens (tertiary/aromatic N) is 6. The number of ether oxygens (including phenoxy) is 5. The van der Waals surface area contributed by atoms with Gasteiger partial charge in [-0.25, -0.2) is 18.6 Å². The predicted molar refractivity (Wildman–Crippen MR) is 212 cm³/mol. The second kappa shape index (κ2) is 15.8. The molecular weight excluding hydrogens is 791 g/mol. The number of aryl methyl sites for hydroxylation is 1. The molecule has 8 rings (SSSR count). The molecule has 0 bridgehead atoms. The molecule has 12 nitrogen and oxygen atoms in total. The van der Waals surface area contributed by atoms with Gasteiger partial charge in [-0.3, -0.25) is 9.64 Å². The Kier molecular flexibility index (Phi) is 11.0. The van der Waals surface area contributed by atoms with Crippen molar-refractivity contribution in [1.29, 1.82) is 0 Å². The quantitative estimate of drug-likeness (QED) is 0.0938. The molecule has 0 radical (unpaired) electrons. The lowest BCUT2D eigenvalue weighted by Gasteiger charge is -2.46. The Bertz CT molecular complexity index is 2370. The Balaban J connectivity index is 1.28. The van der Waals surface area contributed by atoms with E-state index >= 15 is 8.78 Å². The fourth-order valence-corrected chi connectivity index (χ4v) is 9.38. The molecule has 1 amide bonds. The number of benzene rings is 2. The van der Waals surface area contributed by atoms with Crippen molar-refractivity contribution in [2.45, 2.75) is 102 Å². The average Bonchev–Trinajstić information content (AvgIpc) is 3.68. The van der Waals surface area contributed by atoms with Gasteiger partial charge in [0.05, 0.1) is 34.3 Å². The molecule has 60 heavy (non-hydrogen) atoms. The molecule has 4 aliphatic heterocycles. The highest BCUT2D eigenvalue weighted by Crippen LogP contribution is 2.45. The van der Waals surface area contributed by atoms with Gasteiger partial charge in [-0.1, -0.05) is 18.9 Å². The lowest BCUT2D eigenvalue weighted by atomic mass is 9.94. The Hall–Kier alpha value is -5.05. The van der Waals surface area contributed by atoms with Crippen LogP contribution in [0, 0.1) is 24.0 Å². The third kappa shape index (κ3) is 7.85. The molecule has 3 saturated heterocycles. The largest absolute Gasteiger partial charge is 0.522 e. The van der Waals surface area contributed by atoms with Crippen LogP contribution in [-0.4, -0.2) is 113 Å². The minimum absolute atomic E-state index is 0.0656. The molecule has 1 unspecified atom stereocenters. The summed E-state index contributed by atoms with van der Waals surface area (Å²) in [6.45, 7) is 8.48. The van der Waals surface area contributed by atoms with Gasteiger partial charge in [0.15, 0.2) is 12.6 Å².